The topological polar surface area (TPSA) is 17.0 Å². The zero-order valence-electron chi connectivity index (χ0n) is 12.8. The first-order valence-electron chi connectivity index (χ1n) is 7.89. The van der Waals surface area contributed by atoms with E-state index in [0.29, 0.717) is 0 Å². The number of benzene rings is 2. The second-order valence-corrected chi connectivity index (χ2v) is 5.97. The van der Waals surface area contributed by atoms with Crippen LogP contribution in [-0.2, 0) is 13.0 Å². The summed E-state index contributed by atoms with van der Waals surface area (Å²) in [5.41, 5.74) is 6.78. The highest BCUT2D eigenvalue weighted by molar-refractivity contribution is 5.89. The molecule has 0 saturated heterocycles. The van der Waals surface area contributed by atoms with Crippen molar-refractivity contribution in [1.29, 1.82) is 0 Å². The number of nitrogens with zero attached hydrogens (tertiary/aromatic N) is 1. The lowest BCUT2D eigenvalue weighted by Gasteiger charge is -2.15. The fourth-order valence-electron chi connectivity index (χ4n) is 3.33. The summed E-state index contributed by atoms with van der Waals surface area (Å²) in [7, 11) is 0. The molecule has 3 aromatic rings. The third-order valence-electron chi connectivity index (χ3n) is 4.43. The Balaban J connectivity index is 1.88. The van der Waals surface area contributed by atoms with Crippen molar-refractivity contribution in [3.63, 3.8) is 0 Å². The minimum atomic E-state index is 0.974. The fourth-order valence-corrected chi connectivity index (χ4v) is 3.33. The van der Waals surface area contributed by atoms with Crippen molar-refractivity contribution < 1.29 is 0 Å². The molecule has 2 heteroatoms. The number of rotatable bonds is 2. The molecule has 2 nitrogen and oxygen atoms in total. The van der Waals surface area contributed by atoms with Crippen molar-refractivity contribution in [2.45, 2.75) is 19.9 Å². The molecule has 4 rings (SSSR count). The second-order valence-electron chi connectivity index (χ2n) is 5.97. The first-order chi connectivity index (χ1) is 10.8. The van der Waals surface area contributed by atoms with Crippen LogP contribution in [0.5, 0.6) is 0 Å². The van der Waals surface area contributed by atoms with Crippen LogP contribution >= 0.6 is 0 Å². The maximum atomic E-state index is 3.50. The summed E-state index contributed by atoms with van der Waals surface area (Å²) in [5.74, 6) is 0. The molecule has 0 unspecified atom stereocenters. The van der Waals surface area contributed by atoms with Gasteiger partial charge in [-0.2, -0.15) is 0 Å². The van der Waals surface area contributed by atoms with E-state index in [0.717, 1.165) is 19.5 Å². The van der Waals surface area contributed by atoms with E-state index >= 15 is 0 Å². The van der Waals surface area contributed by atoms with Crippen molar-refractivity contribution >= 4 is 23.2 Å². The molecular formula is C20H20N2. The molecular weight excluding hydrogens is 268 g/mol. The Morgan fingerprint density at radius 1 is 1.09 bits per heavy atom. The van der Waals surface area contributed by atoms with E-state index in [1.807, 2.05) is 0 Å². The van der Waals surface area contributed by atoms with E-state index in [9.17, 15) is 0 Å². The highest BCUT2D eigenvalue weighted by atomic mass is 15.0. The Morgan fingerprint density at radius 3 is 2.82 bits per heavy atom. The van der Waals surface area contributed by atoms with E-state index < -0.39 is 0 Å². The molecule has 0 spiro atoms. The van der Waals surface area contributed by atoms with Gasteiger partial charge < -0.3 is 9.88 Å². The summed E-state index contributed by atoms with van der Waals surface area (Å²) >= 11 is 0. The summed E-state index contributed by atoms with van der Waals surface area (Å²) < 4.78 is 2.37. The minimum Gasteiger partial charge on any atom is -0.320 e. The van der Waals surface area contributed by atoms with E-state index in [1.54, 1.807) is 0 Å². The molecule has 0 bridgehead atoms. The summed E-state index contributed by atoms with van der Waals surface area (Å²) in [6.07, 6.45) is 5.50. The second kappa shape index (κ2) is 5.47. The molecule has 1 aromatic heterocycles. The van der Waals surface area contributed by atoms with Gasteiger partial charge in [0.1, 0.15) is 0 Å². The van der Waals surface area contributed by atoms with Gasteiger partial charge in [-0.25, -0.2) is 0 Å². The predicted molar refractivity (Wildman–Crippen MR) is 93.8 cm³/mol. The van der Waals surface area contributed by atoms with Crippen molar-refractivity contribution in [1.82, 2.24) is 9.88 Å². The van der Waals surface area contributed by atoms with Crippen molar-refractivity contribution in [3.05, 3.63) is 70.9 Å². The molecule has 0 saturated carbocycles. The summed E-state index contributed by atoms with van der Waals surface area (Å²) in [5, 5.41) is 4.89. The third kappa shape index (κ3) is 2.26. The Labute approximate surface area is 131 Å². The summed E-state index contributed by atoms with van der Waals surface area (Å²) in [4.78, 5) is 0. The maximum absolute atomic E-state index is 3.50. The lowest BCUT2D eigenvalue weighted by atomic mass is 10.0. The average Bonchev–Trinajstić information content (AvgIpc) is 2.87. The monoisotopic (exact) mass is 288 g/mol. The highest BCUT2D eigenvalue weighted by Gasteiger charge is 2.18. The van der Waals surface area contributed by atoms with Crippen LogP contribution in [0.25, 0.3) is 23.2 Å². The Morgan fingerprint density at radius 2 is 1.95 bits per heavy atom. The lowest BCUT2D eigenvalue weighted by Crippen LogP contribution is -2.24. The van der Waals surface area contributed by atoms with Crippen LogP contribution in [0, 0.1) is 6.92 Å². The van der Waals surface area contributed by atoms with Crippen LogP contribution < -0.4 is 5.32 Å². The van der Waals surface area contributed by atoms with Crippen LogP contribution in [-0.4, -0.2) is 11.1 Å². The van der Waals surface area contributed by atoms with E-state index in [1.165, 1.54) is 33.3 Å². The molecule has 0 radical (unpaired) electrons. The molecule has 0 fully saturated rings. The predicted octanol–water partition coefficient (Wildman–Crippen LogP) is 4.22. The van der Waals surface area contributed by atoms with Gasteiger partial charge in [0.25, 0.3) is 0 Å². The standard InChI is InChI=1S/C20H20N2/c1-15-7-8-19-17(13-15)18-14-21-11-9-20(18)22(19)12-10-16-5-3-2-4-6-16/h2-8,10,12-13,21H,9,11,14H2,1H3. The van der Waals surface area contributed by atoms with Gasteiger partial charge in [-0.15, -0.1) is 0 Å². The Bertz CT molecular complexity index is 841. The largest absolute Gasteiger partial charge is 0.320 e. The summed E-state index contributed by atoms with van der Waals surface area (Å²) in [6.45, 7) is 4.20. The van der Waals surface area contributed by atoms with Gasteiger partial charge in [-0.05, 0) is 36.3 Å². The average molecular weight is 288 g/mol. The van der Waals surface area contributed by atoms with Gasteiger partial charge in [-0.1, -0.05) is 42.0 Å². The van der Waals surface area contributed by atoms with Crippen LogP contribution in [0.3, 0.4) is 0 Å². The molecule has 0 atom stereocenters. The van der Waals surface area contributed by atoms with Crippen molar-refractivity contribution in [2.75, 3.05) is 6.54 Å². The van der Waals surface area contributed by atoms with E-state index in [-0.39, 0.29) is 0 Å². The molecule has 1 N–H and O–H groups in total. The van der Waals surface area contributed by atoms with Gasteiger partial charge >= 0.3 is 0 Å². The normalized spacial score (nSPS) is 14.6. The zero-order chi connectivity index (χ0) is 14.9. The van der Waals surface area contributed by atoms with E-state index in [2.05, 4.69) is 77.6 Å². The molecule has 110 valence electrons. The molecule has 22 heavy (non-hydrogen) atoms. The van der Waals surface area contributed by atoms with Gasteiger partial charge in [0.05, 0.1) is 5.52 Å². The number of hydrogen-bond acceptors (Lipinski definition) is 1. The van der Waals surface area contributed by atoms with E-state index in [4.69, 9.17) is 0 Å². The van der Waals surface area contributed by atoms with Crippen LogP contribution in [0.4, 0.5) is 0 Å². The van der Waals surface area contributed by atoms with Crippen LogP contribution in [0.15, 0.2) is 48.5 Å². The third-order valence-corrected chi connectivity index (χ3v) is 4.43. The van der Waals surface area contributed by atoms with Gasteiger partial charge in [0.15, 0.2) is 0 Å². The fraction of sp³-hybridized carbons (Fsp3) is 0.200. The zero-order valence-corrected chi connectivity index (χ0v) is 12.8. The van der Waals surface area contributed by atoms with Crippen LogP contribution in [0.1, 0.15) is 22.4 Å². The number of hydrogen-bond donors (Lipinski definition) is 1. The smallest absolute Gasteiger partial charge is 0.0528 e. The molecule has 2 heterocycles. The number of aryl methyl sites for hydroxylation is 1. The number of fused-ring (bicyclic) bond motifs is 3. The van der Waals surface area contributed by atoms with Gasteiger partial charge in [0, 0.05) is 36.8 Å². The Hall–Kier alpha value is -2.32. The summed E-state index contributed by atoms with van der Waals surface area (Å²) in [6, 6.07) is 17.3. The van der Waals surface area contributed by atoms with Crippen molar-refractivity contribution in [3.8, 4) is 0 Å². The Kier molecular flexibility index (Phi) is 3.32. The number of aromatic nitrogens is 1. The molecule has 1 aliphatic heterocycles. The van der Waals surface area contributed by atoms with Crippen molar-refractivity contribution in [2.24, 2.45) is 0 Å². The first-order valence-corrected chi connectivity index (χ1v) is 7.89. The SMILES string of the molecule is Cc1ccc2c(c1)c1c(n2C=Cc2ccccc2)CCNC1. The minimum absolute atomic E-state index is 0.974. The molecule has 1 aliphatic rings. The lowest BCUT2D eigenvalue weighted by molar-refractivity contribution is 0.634. The van der Waals surface area contributed by atoms with Gasteiger partial charge in [-0.3, -0.25) is 0 Å². The maximum Gasteiger partial charge on any atom is 0.0528 e. The quantitative estimate of drug-likeness (QED) is 0.747. The van der Waals surface area contributed by atoms with Gasteiger partial charge in [0.2, 0.25) is 0 Å². The molecule has 0 amide bonds. The highest BCUT2D eigenvalue weighted by Crippen LogP contribution is 2.30. The number of nitrogens with one attached hydrogen (secondary N) is 1. The van der Waals surface area contributed by atoms with Crippen LogP contribution in [0.2, 0.25) is 0 Å². The molecule has 0 aliphatic carbocycles. The molecule has 2 aromatic carbocycles. The first kappa shape index (κ1) is 13.4.